The van der Waals surface area contributed by atoms with Gasteiger partial charge >= 0.3 is 0 Å². The Morgan fingerprint density at radius 3 is 2.59 bits per heavy atom. The third-order valence-electron chi connectivity index (χ3n) is 3.95. The molecule has 1 saturated heterocycles. The zero-order valence-corrected chi connectivity index (χ0v) is 13.5. The van der Waals surface area contributed by atoms with E-state index in [1.165, 1.54) is 0 Å². The zero-order chi connectivity index (χ0) is 15.8. The Bertz CT molecular complexity index is 473. The number of amides is 1. The summed E-state index contributed by atoms with van der Waals surface area (Å²) < 4.78 is 10.9. The van der Waals surface area contributed by atoms with Crippen molar-refractivity contribution in [1.82, 2.24) is 10.2 Å². The van der Waals surface area contributed by atoms with Gasteiger partial charge in [0.2, 0.25) is 0 Å². The van der Waals surface area contributed by atoms with Gasteiger partial charge < -0.3 is 19.7 Å². The third kappa shape index (κ3) is 4.37. The van der Waals surface area contributed by atoms with Gasteiger partial charge in [0.1, 0.15) is 0 Å². The van der Waals surface area contributed by atoms with Crippen LogP contribution in [0.1, 0.15) is 26.2 Å². The van der Waals surface area contributed by atoms with Gasteiger partial charge in [0.25, 0.3) is 5.91 Å². The third-order valence-corrected chi connectivity index (χ3v) is 3.95. The van der Waals surface area contributed by atoms with Crippen LogP contribution in [0.2, 0.25) is 0 Å². The summed E-state index contributed by atoms with van der Waals surface area (Å²) in [6, 6.07) is 7.73. The highest BCUT2D eigenvalue weighted by atomic mass is 16.5. The van der Waals surface area contributed by atoms with Crippen LogP contribution < -0.4 is 14.8 Å². The maximum atomic E-state index is 12.5. The largest absolute Gasteiger partial charge is 0.493 e. The number of benzene rings is 1. The van der Waals surface area contributed by atoms with E-state index in [-0.39, 0.29) is 12.5 Å². The molecule has 22 heavy (non-hydrogen) atoms. The molecule has 0 spiro atoms. The maximum Gasteiger partial charge on any atom is 0.260 e. The first-order valence-electron chi connectivity index (χ1n) is 8.02. The smallest absolute Gasteiger partial charge is 0.260 e. The molecule has 5 heteroatoms. The summed E-state index contributed by atoms with van der Waals surface area (Å²) in [6.07, 6.45) is 2.99. The average Bonchev–Trinajstić information content (AvgIpc) is 2.58. The second-order valence-electron chi connectivity index (χ2n) is 5.51. The predicted molar refractivity (Wildman–Crippen MR) is 86.4 cm³/mol. The first-order chi connectivity index (χ1) is 10.8. The minimum atomic E-state index is 0.0552. The lowest BCUT2D eigenvalue weighted by molar-refractivity contribution is -0.136. The van der Waals surface area contributed by atoms with E-state index in [0.717, 1.165) is 38.9 Å². The second kappa shape index (κ2) is 8.63. The molecule has 1 amide bonds. The van der Waals surface area contributed by atoms with Crippen molar-refractivity contribution in [1.29, 1.82) is 0 Å². The van der Waals surface area contributed by atoms with Gasteiger partial charge in [-0.05, 0) is 44.5 Å². The molecule has 0 bridgehead atoms. The van der Waals surface area contributed by atoms with Gasteiger partial charge in [-0.15, -0.1) is 0 Å². The average molecular weight is 306 g/mol. The minimum absolute atomic E-state index is 0.0552. The lowest BCUT2D eigenvalue weighted by Crippen LogP contribution is -2.48. The van der Waals surface area contributed by atoms with E-state index < -0.39 is 0 Å². The molecule has 1 fully saturated rings. The number of para-hydroxylation sites is 2. The fourth-order valence-corrected chi connectivity index (χ4v) is 2.83. The topological polar surface area (TPSA) is 50.8 Å². The number of methoxy groups -OCH3 is 1. The van der Waals surface area contributed by atoms with Gasteiger partial charge in [0, 0.05) is 12.6 Å². The van der Waals surface area contributed by atoms with Crippen LogP contribution in [0.15, 0.2) is 24.3 Å². The Kier molecular flexibility index (Phi) is 6.52. The molecular formula is C17H26N2O3. The molecule has 5 nitrogen and oxygen atoms in total. The van der Waals surface area contributed by atoms with E-state index in [1.807, 2.05) is 29.2 Å². The van der Waals surface area contributed by atoms with Gasteiger partial charge in [-0.25, -0.2) is 0 Å². The van der Waals surface area contributed by atoms with E-state index in [0.29, 0.717) is 17.5 Å². The van der Waals surface area contributed by atoms with Crippen LogP contribution >= 0.6 is 0 Å². The summed E-state index contributed by atoms with van der Waals surface area (Å²) in [5.41, 5.74) is 0. The number of carbonyl (C=O) groups is 1. The zero-order valence-electron chi connectivity index (χ0n) is 13.5. The van der Waals surface area contributed by atoms with E-state index in [4.69, 9.17) is 9.47 Å². The van der Waals surface area contributed by atoms with Gasteiger partial charge in [0.05, 0.1) is 7.11 Å². The SMILES string of the molecule is CCCN(C(=O)COc1ccccc1OC)C1CCNCC1. The van der Waals surface area contributed by atoms with Crippen LogP contribution in [0, 0.1) is 0 Å². The number of ether oxygens (including phenoxy) is 2. The van der Waals surface area contributed by atoms with Crippen molar-refractivity contribution in [2.24, 2.45) is 0 Å². The summed E-state index contributed by atoms with van der Waals surface area (Å²) in [5.74, 6) is 1.32. The predicted octanol–water partition coefficient (Wildman–Crippen LogP) is 2.06. The Morgan fingerprint density at radius 1 is 1.27 bits per heavy atom. The van der Waals surface area contributed by atoms with Crippen LogP contribution in [0.3, 0.4) is 0 Å². The molecule has 1 N–H and O–H groups in total. The molecule has 0 aliphatic carbocycles. The Hall–Kier alpha value is -1.75. The molecule has 1 aliphatic rings. The number of piperidine rings is 1. The molecular weight excluding hydrogens is 280 g/mol. The molecule has 1 aromatic carbocycles. The number of carbonyl (C=O) groups excluding carboxylic acids is 1. The summed E-state index contributed by atoms with van der Waals surface area (Å²) in [6.45, 7) is 4.91. The van der Waals surface area contributed by atoms with E-state index in [1.54, 1.807) is 7.11 Å². The summed E-state index contributed by atoms with van der Waals surface area (Å²) in [7, 11) is 1.60. The molecule has 0 radical (unpaired) electrons. The molecule has 0 unspecified atom stereocenters. The fourth-order valence-electron chi connectivity index (χ4n) is 2.83. The van der Waals surface area contributed by atoms with E-state index in [2.05, 4.69) is 12.2 Å². The van der Waals surface area contributed by atoms with Crippen molar-refractivity contribution in [2.45, 2.75) is 32.2 Å². The number of nitrogens with one attached hydrogen (secondary N) is 1. The van der Waals surface area contributed by atoms with Crippen LogP contribution in [0.5, 0.6) is 11.5 Å². The number of rotatable bonds is 7. The number of nitrogens with zero attached hydrogens (tertiary/aromatic N) is 1. The monoisotopic (exact) mass is 306 g/mol. The Labute approximate surface area is 132 Å². The molecule has 1 aromatic rings. The first kappa shape index (κ1) is 16.6. The first-order valence-corrected chi connectivity index (χ1v) is 8.02. The quantitative estimate of drug-likeness (QED) is 0.838. The lowest BCUT2D eigenvalue weighted by Gasteiger charge is -2.34. The molecule has 2 rings (SSSR count). The van der Waals surface area contributed by atoms with Crippen molar-refractivity contribution in [2.75, 3.05) is 33.4 Å². The Balaban J connectivity index is 1.95. The second-order valence-corrected chi connectivity index (χ2v) is 5.51. The molecule has 0 aromatic heterocycles. The van der Waals surface area contributed by atoms with Crippen molar-refractivity contribution in [3.8, 4) is 11.5 Å². The lowest BCUT2D eigenvalue weighted by atomic mass is 10.0. The Morgan fingerprint density at radius 2 is 1.95 bits per heavy atom. The molecule has 122 valence electrons. The van der Waals surface area contributed by atoms with Gasteiger partial charge in [0.15, 0.2) is 18.1 Å². The summed E-state index contributed by atoms with van der Waals surface area (Å²) >= 11 is 0. The highest BCUT2D eigenvalue weighted by Crippen LogP contribution is 2.25. The fraction of sp³-hybridized carbons (Fsp3) is 0.588. The van der Waals surface area contributed by atoms with Gasteiger partial charge in [-0.1, -0.05) is 19.1 Å². The molecule has 0 atom stereocenters. The van der Waals surface area contributed by atoms with Crippen LogP contribution in [-0.4, -0.2) is 50.2 Å². The van der Waals surface area contributed by atoms with Crippen molar-refractivity contribution in [3.63, 3.8) is 0 Å². The van der Waals surface area contributed by atoms with E-state index in [9.17, 15) is 4.79 Å². The molecule has 0 saturated carbocycles. The summed E-state index contributed by atoms with van der Waals surface area (Å²) in [4.78, 5) is 14.5. The number of hydrogen-bond acceptors (Lipinski definition) is 4. The maximum absolute atomic E-state index is 12.5. The van der Waals surface area contributed by atoms with Crippen LogP contribution in [-0.2, 0) is 4.79 Å². The molecule has 1 aliphatic heterocycles. The standard InChI is InChI=1S/C17H26N2O3/c1-3-12-19(14-8-10-18-11-9-14)17(20)13-22-16-7-5-4-6-15(16)21-2/h4-7,14,18H,3,8-13H2,1-2H3. The van der Waals surface area contributed by atoms with Gasteiger partial charge in [-0.3, -0.25) is 4.79 Å². The minimum Gasteiger partial charge on any atom is -0.493 e. The van der Waals surface area contributed by atoms with Crippen LogP contribution in [0.25, 0.3) is 0 Å². The normalized spacial score (nSPS) is 15.4. The number of hydrogen-bond donors (Lipinski definition) is 1. The van der Waals surface area contributed by atoms with Crippen molar-refractivity contribution < 1.29 is 14.3 Å². The van der Waals surface area contributed by atoms with Crippen molar-refractivity contribution >= 4 is 5.91 Å². The highest BCUT2D eigenvalue weighted by Gasteiger charge is 2.25. The molecule has 1 heterocycles. The van der Waals surface area contributed by atoms with E-state index >= 15 is 0 Å². The highest BCUT2D eigenvalue weighted by molar-refractivity contribution is 5.78. The van der Waals surface area contributed by atoms with Gasteiger partial charge in [-0.2, -0.15) is 0 Å². The summed E-state index contributed by atoms with van der Waals surface area (Å²) in [5, 5.41) is 3.34. The van der Waals surface area contributed by atoms with Crippen LogP contribution in [0.4, 0.5) is 0 Å². The van der Waals surface area contributed by atoms with Crippen molar-refractivity contribution in [3.05, 3.63) is 24.3 Å².